The van der Waals surface area contributed by atoms with Crippen LogP contribution in [0.2, 0.25) is 0 Å². The van der Waals surface area contributed by atoms with Crippen LogP contribution in [0.1, 0.15) is 10.4 Å². The van der Waals surface area contributed by atoms with Crippen molar-refractivity contribution in [2.75, 3.05) is 6.26 Å². The van der Waals surface area contributed by atoms with Gasteiger partial charge in [0.1, 0.15) is 0 Å². The van der Waals surface area contributed by atoms with Crippen LogP contribution in [0.4, 0.5) is 0 Å². The maximum atomic E-state index is 12.8. The molecule has 5 nitrogen and oxygen atoms in total. The first-order valence-electron chi connectivity index (χ1n) is 8.37. The Labute approximate surface area is 157 Å². The lowest BCUT2D eigenvalue weighted by molar-refractivity contribution is 0.100. The largest absolute Gasteiger partial charge is 0.361 e. The summed E-state index contributed by atoms with van der Waals surface area (Å²) in [6.45, 7) is 0. The molecule has 0 radical (unpaired) electrons. The molecule has 0 saturated carbocycles. The molecule has 4 aromatic rings. The van der Waals surface area contributed by atoms with Crippen molar-refractivity contribution < 1.29 is 9.00 Å². The number of carbonyl (C=O) groups is 1. The number of fused-ring (bicyclic) bond motifs is 1. The monoisotopic (exact) mass is 375 g/mol. The molecule has 27 heavy (non-hydrogen) atoms. The van der Waals surface area contributed by atoms with Crippen molar-refractivity contribution in [3.05, 3.63) is 84.8 Å². The maximum absolute atomic E-state index is 12.8. The molecule has 0 aliphatic carbocycles. The number of hydrogen-bond donors (Lipinski definition) is 1. The number of benzene rings is 2. The van der Waals surface area contributed by atoms with Gasteiger partial charge in [-0.05, 0) is 41.3 Å². The second-order valence-electron chi connectivity index (χ2n) is 6.25. The van der Waals surface area contributed by atoms with Gasteiger partial charge in [-0.2, -0.15) is 4.36 Å². The van der Waals surface area contributed by atoms with Crippen molar-refractivity contribution >= 4 is 26.5 Å². The van der Waals surface area contributed by atoms with E-state index in [-0.39, 0.29) is 0 Å². The molecular weight excluding hydrogens is 358 g/mol. The average molecular weight is 375 g/mol. The number of H-pyrrole nitrogens is 1. The summed E-state index contributed by atoms with van der Waals surface area (Å²) in [7, 11) is -2.81. The van der Waals surface area contributed by atoms with Gasteiger partial charge in [0.2, 0.25) is 0 Å². The van der Waals surface area contributed by atoms with Gasteiger partial charge in [0, 0.05) is 40.8 Å². The molecule has 134 valence electrons. The van der Waals surface area contributed by atoms with Crippen molar-refractivity contribution in [3.8, 4) is 11.1 Å². The zero-order chi connectivity index (χ0) is 18.9. The van der Waals surface area contributed by atoms with E-state index in [1.807, 2.05) is 36.5 Å². The fourth-order valence-corrected chi connectivity index (χ4v) is 4.07. The molecule has 2 aromatic heterocycles. The minimum atomic E-state index is -2.81. The third-order valence-electron chi connectivity index (χ3n) is 4.31. The molecule has 2 aromatic carbocycles. The Hall–Kier alpha value is -3.25. The molecule has 4 rings (SSSR count). The van der Waals surface area contributed by atoms with Crippen LogP contribution < -0.4 is 0 Å². The zero-order valence-electron chi connectivity index (χ0n) is 14.6. The summed E-state index contributed by atoms with van der Waals surface area (Å²) < 4.78 is 16.8. The third-order valence-corrected chi connectivity index (χ3v) is 5.97. The highest BCUT2D eigenvalue weighted by Gasteiger charge is 2.12. The zero-order valence-corrected chi connectivity index (χ0v) is 15.4. The fraction of sp³-hybridized carbons (Fsp3) is 0.0476. The summed E-state index contributed by atoms with van der Waals surface area (Å²) in [5.74, 6) is -0.540. The first kappa shape index (κ1) is 17.2. The molecule has 1 amide bonds. The van der Waals surface area contributed by atoms with E-state index in [0.29, 0.717) is 10.5 Å². The second kappa shape index (κ2) is 6.81. The van der Waals surface area contributed by atoms with E-state index in [1.165, 1.54) is 12.5 Å². The molecule has 0 saturated heterocycles. The Morgan fingerprint density at radius 1 is 1.00 bits per heavy atom. The number of nitrogens with zero attached hydrogens (tertiary/aromatic N) is 2. The van der Waals surface area contributed by atoms with E-state index in [0.717, 1.165) is 22.0 Å². The molecule has 0 spiro atoms. The standard InChI is InChI=1S/C21H17N3O2S/c1-27(26,19-5-3-2-4-6-19)24-21(25)18-11-17(13-22-14-18)16-8-7-15-9-10-23-20(15)12-16/h2-14,23H,1H3/t27-/m0/s1. The maximum Gasteiger partial charge on any atom is 0.286 e. The predicted molar refractivity (Wildman–Crippen MR) is 107 cm³/mol. The SMILES string of the molecule is C[S@@](=O)(=NC(=O)c1cncc(-c2ccc3cc[nH]c3c2)c1)c1ccccc1. The lowest BCUT2D eigenvalue weighted by Gasteiger charge is -2.05. The van der Waals surface area contributed by atoms with E-state index in [4.69, 9.17) is 0 Å². The van der Waals surface area contributed by atoms with E-state index in [1.54, 1.807) is 36.5 Å². The average Bonchev–Trinajstić information content (AvgIpc) is 3.16. The highest BCUT2D eigenvalue weighted by Crippen LogP contribution is 2.24. The van der Waals surface area contributed by atoms with Crippen LogP contribution in [0.25, 0.3) is 22.0 Å². The normalized spacial score (nSPS) is 13.2. The predicted octanol–water partition coefficient (Wildman–Crippen LogP) is 4.53. The number of aromatic nitrogens is 2. The molecule has 2 heterocycles. The van der Waals surface area contributed by atoms with Crippen molar-refractivity contribution in [3.63, 3.8) is 0 Å². The molecule has 1 atom stereocenters. The number of rotatable bonds is 3. The summed E-state index contributed by atoms with van der Waals surface area (Å²) in [5.41, 5.74) is 3.06. The highest BCUT2D eigenvalue weighted by atomic mass is 32.2. The van der Waals surface area contributed by atoms with Gasteiger partial charge in [-0.25, -0.2) is 4.21 Å². The molecule has 0 bridgehead atoms. The summed E-state index contributed by atoms with van der Waals surface area (Å²) in [5, 5.41) is 1.11. The number of aromatic amines is 1. The van der Waals surface area contributed by atoms with E-state index in [2.05, 4.69) is 14.3 Å². The van der Waals surface area contributed by atoms with Crippen LogP contribution >= 0.6 is 0 Å². The van der Waals surface area contributed by atoms with Crippen LogP contribution in [0.3, 0.4) is 0 Å². The van der Waals surface area contributed by atoms with Crippen molar-refractivity contribution in [2.45, 2.75) is 4.90 Å². The third kappa shape index (κ3) is 3.52. The Balaban J connectivity index is 1.71. The minimum absolute atomic E-state index is 0.310. The van der Waals surface area contributed by atoms with Gasteiger partial charge in [0.25, 0.3) is 5.91 Å². The summed E-state index contributed by atoms with van der Waals surface area (Å²) in [6.07, 6.45) is 6.49. The van der Waals surface area contributed by atoms with Crippen LogP contribution in [0.15, 0.2) is 88.5 Å². The molecule has 0 unspecified atom stereocenters. The van der Waals surface area contributed by atoms with Crippen LogP contribution in [0.5, 0.6) is 0 Å². The van der Waals surface area contributed by atoms with Crippen molar-refractivity contribution in [1.82, 2.24) is 9.97 Å². The van der Waals surface area contributed by atoms with Crippen LogP contribution in [-0.4, -0.2) is 26.3 Å². The van der Waals surface area contributed by atoms with Crippen molar-refractivity contribution in [1.29, 1.82) is 0 Å². The topological polar surface area (TPSA) is 75.2 Å². The number of pyridine rings is 1. The van der Waals surface area contributed by atoms with Gasteiger partial charge in [-0.3, -0.25) is 9.78 Å². The molecular formula is C21H17N3O2S. The Kier molecular flexibility index (Phi) is 4.33. The fourth-order valence-electron chi connectivity index (χ4n) is 2.88. The van der Waals surface area contributed by atoms with E-state index in [9.17, 15) is 9.00 Å². The lowest BCUT2D eigenvalue weighted by atomic mass is 10.0. The molecule has 0 fully saturated rings. The first-order valence-corrected chi connectivity index (χ1v) is 10.3. The molecule has 0 aliphatic rings. The van der Waals surface area contributed by atoms with Crippen LogP contribution in [0, 0.1) is 0 Å². The van der Waals surface area contributed by atoms with Gasteiger partial charge in [-0.15, -0.1) is 0 Å². The highest BCUT2D eigenvalue weighted by molar-refractivity contribution is 7.93. The molecule has 0 aliphatic heterocycles. The van der Waals surface area contributed by atoms with Gasteiger partial charge in [0.15, 0.2) is 0 Å². The number of amides is 1. The Bertz CT molecular complexity index is 1250. The second-order valence-corrected chi connectivity index (χ2v) is 8.51. The molecule has 1 N–H and O–H groups in total. The summed E-state index contributed by atoms with van der Waals surface area (Å²) >= 11 is 0. The number of hydrogen-bond acceptors (Lipinski definition) is 3. The van der Waals surface area contributed by atoms with E-state index < -0.39 is 15.6 Å². The van der Waals surface area contributed by atoms with Gasteiger partial charge >= 0.3 is 0 Å². The quantitative estimate of drug-likeness (QED) is 0.572. The number of nitrogens with one attached hydrogen (secondary N) is 1. The van der Waals surface area contributed by atoms with Crippen LogP contribution in [-0.2, 0) is 9.73 Å². The molecule has 6 heteroatoms. The summed E-state index contributed by atoms with van der Waals surface area (Å²) in [4.78, 5) is 20.5. The number of carbonyl (C=O) groups excluding carboxylic acids is 1. The Morgan fingerprint density at radius 3 is 2.63 bits per heavy atom. The van der Waals surface area contributed by atoms with Crippen molar-refractivity contribution in [2.24, 2.45) is 4.36 Å². The Morgan fingerprint density at radius 2 is 1.81 bits per heavy atom. The smallest absolute Gasteiger partial charge is 0.286 e. The van der Waals surface area contributed by atoms with E-state index >= 15 is 0 Å². The van der Waals surface area contributed by atoms with Gasteiger partial charge in [0.05, 0.1) is 15.3 Å². The van der Waals surface area contributed by atoms with Gasteiger partial charge in [-0.1, -0.05) is 30.3 Å². The lowest BCUT2D eigenvalue weighted by Crippen LogP contribution is -2.04. The first-order chi connectivity index (χ1) is 13.0. The summed E-state index contributed by atoms with van der Waals surface area (Å²) in [6, 6.07) is 18.5. The van der Waals surface area contributed by atoms with Gasteiger partial charge < -0.3 is 4.98 Å². The minimum Gasteiger partial charge on any atom is -0.361 e.